The third-order valence-electron chi connectivity index (χ3n) is 9.70. The summed E-state index contributed by atoms with van der Waals surface area (Å²) in [4.78, 5) is 0. The molecule has 0 radical (unpaired) electrons. The third-order valence-corrected chi connectivity index (χ3v) is 9.70. The molecular formula is C41H51F2NO6. The molecule has 0 saturated heterocycles. The lowest BCUT2D eigenvalue weighted by Gasteiger charge is -2.26. The van der Waals surface area contributed by atoms with Crippen LogP contribution in [0.15, 0.2) is 72.8 Å². The minimum Gasteiger partial charge on any atom is -0.489 e. The minimum atomic E-state index is -2.72. The van der Waals surface area contributed by atoms with Gasteiger partial charge in [-0.25, -0.2) is 8.78 Å². The normalized spacial score (nSPS) is 12.1. The Labute approximate surface area is 294 Å². The van der Waals surface area contributed by atoms with Crippen molar-refractivity contribution in [1.29, 1.82) is 0 Å². The second-order valence-corrected chi connectivity index (χ2v) is 13.9. The largest absolute Gasteiger partial charge is 0.489 e. The van der Waals surface area contributed by atoms with Crippen molar-refractivity contribution < 1.29 is 38.7 Å². The first-order chi connectivity index (χ1) is 23.9. The van der Waals surface area contributed by atoms with Gasteiger partial charge in [0.1, 0.15) is 24.7 Å². The van der Waals surface area contributed by atoms with Gasteiger partial charge in [0.25, 0.3) is 6.43 Å². The quantitative estimate of drug-likeness (QED) is 0.0755. The molecule has 270 valence electrons. The number of aryl methyl sites for hydroxylation is 2. The van der Waals surface area contributed by atoms with E-state index < -0.39 is 17.4 Å². The van der Waals surface area contributed by atoms with Crippen molar-refractivity contribution >= 4 is 0 Å². The second-order valence-electron chi connectivity index (χ2n) is 13.9. The number of rotatable bonds is 18. The van der Waals surface area contributed by atoms with Gasteiger partial charge in [-0.1, -0.05) is 61.5 Å². The summed E-state index contributed by atoms with van der Waals surface area (Å²) >= 11 is 0. The summed E-state index contributed by atoms with van der Waals surface area (Å²) in [6, 6.07) is 22.8. The van der Waals surface area contributed by atoms with E-state index in [0.29, 0.717) is 31.6 Å². The van der Waals surface area contributed by atoms with E-state index in [4.69, 9.17) is 9.47 Å². The maximum Gasteiger partial charge on any atom is 0.267 e. The highest BCUT2D eigenvalue weighted by molar-refractivity contribution is 5.72. The van der Waals surface area contributed by atoms with Gasteiger partial charge in [-0.15, -0.1) is 0 Å². The number of halogens is 2. The summed E-state index contributed by atoms with van der Waals surface area (Å²) in [5.74, 6) is 0.898. The molecule has 50 heavy (non-hydrogen) atoms. The summed E-state index contributed by atoms with van der Waals surface area (Å²) in [6.07, 6.45) is -1.81. The van der Waals surface area contributed by atoms with E-state index in [1.807, 2.05) is 62.4 Å². The lowest BCUT2D eigenvalue weighted by atomic mass is 9.85. The smallest absolute Gasteiger partial charge is 0.267 e. The van der Waals surface area contributed by atoms with Gasteiger partial charge in [-0.3, -0.25) is 0 Å². The first-order valence-electron chi connectivity index (χ1n) is 17.0. The van der Waals surface area contributed by atoms with Gasteiger partial charge in [-0.05, 0) is 109 Å². The molecule has 0 heterocycles. The average Bonchev–Trinajstić information content (AvgIpc) is 3.12. The number of benzene rings is 4. The van der Waals surface area contributed by atoms with Gasteiger partial charge in [0.2, 0.25) is 0 Å². The number of aliphatic hydroxyl groups is 4. The Kier molecular flexibility index (Phi) is 13.5. The maximum absolute atomic E-state index is 14.1. The van der Waals surface area contributed by atoms with Crippen molar-refractivity contribution in [1.82, 2.24) is 5.32 Å². The number of nitrogens with one attached hydrogen (secondary N) is 1. The van der Waals surface area contributed by atoms with E-state index in [1.54, 1.807) is 26.0 Å². The Morgan fingerprint density at radius 2 is 1.22 bits per heavy atom. The molecule has 0 fully saturated rings. The number of hydrogen-bond acceptors (Lipinski definition) is 7. The van der Waals surface area contributed by atoms with Crippen LogP contribution in [0.1, 0.15) is 71.2 Å². The lowest BCUT2D eigenvalue weighted by Crippen LogP contribution is -2.48. The molecule has 0 unspecified atom stereocenters. The van der Waals surface area contributed by atoms with Gasteiger partial charge in [0.15, 0.2) is 0 Å². The second kappa shape index (κ2) is 17.4. The topological polar surface area (TPSA) is 111 Å². The van der Waals surface area contributed by atoms with Crippen LogP contribution in [-0.2, 0) is 26.2 Å². The third kappa shape index (κ3) is 9.68. The van der Waals surface area contributed by atoms with Crippen LogP contribution in [0.2, 0.25) is 0 Å². The maximum atomic E-state index is 14.1. The monoisotopic (exact) mass is 691 g/mol. The SMILES string of the molecule is Cc1cc(CNC(C)(CO)CO)ccc1OCc1cccc(-c2cccc(COc3ccc(CCC(C)(CO)CO)cc3C(F)F)c2C)c1C. The Hall–Kier alpha value is -3.86. The highest BCUT2D eigenvalue weighted by atomic mass is 19.3. The van der Waals surface area contributed by atoms with Gasteiger partial charge in [0.05, 0.1) is 37.5 Å². The Balaban J connectivity index is 1.46. The van der Waals surface area contributed by atoms with Crippen molar-refractivity contribution in [2.24, 2.45) is 5.41 Å². The highest BCUT2D eigenvalue weighted by Crippen LogP contribution is 2.34. The van der Waals surface area contributed by atoms with Crippen molar-refractivity contribution in [3.05, 3.63) is 117 Å². The Morgan fingerprint density at radius 3 is 1.74 bits per heavy atom. The summed E-state index contributed by atoms with van der Waals surface area (Å²) in [6.45, 7) is 9.88. The lowest BCUT2D eigenvalue weighted by molar-refractivity contribution is 0.0631. The van der Waals surface area contributed by atoms with Gasteiger partial charge in [0, 0.05) is 12.0 Å². The molecule has 4 aromatic carbocycles. The van der Waals surface area contributed by atoms with E-state index in [-0.39, 0.29) is 44.3 Å². The van der Waals surface area contributed by atoms with Crippen LogP contribution in [0.5, 0.6) is 11.5 Å². The van der Waals surface area contributed by atoms with Crippen LogP contribution < -0.4 is 14.8 Å². The summed E-state index contributed by atoms with van der Waals surface area (Å²) in [5, 5.41) is 41.5. The van der Waals surface area contributed by atoms with Crippen molar-refractivity contribution in [3.8, 4) is 22.6 Å². The van der Waals surface area contributed by atoms with Gasteiger partial charge >= 0.3 is 0 Å². The van der Waals surface area contributed by atoms with E-state index >= 15 is 0 Å². The number of alkyl halides is 2. The van der Waals surface area contributed by atoms with Crippen LogP contribution in [0, 0.1) is 26.2 Å². The van der Waals surface area contributed by atoms with E-state index in [2.05, 4.69) is 18.3 Å². The number of hydrogen-bond donors (Lipinski definition) is 5. The predicted octanol–water partition coefficient (Wildman–Crippen LogP) is 7.13. The Bertz CT molecular complexity index is 1720. The standard InChI is InChI=1S/C41H51F2NO6/c1-27-18-31(20-44-41(5,25-47)26-48)13-14-37(27)49-21-32-8-6-10-34(28(32)2)35-11-7-9-33(29(35)3)22-50-38-15-12-30(19-36(38)39(42)43)16-17-40(4,23-45)24-46/h6-15,18-19,39,44-48H,16-17,20-26H2,1-5H3. The molecule has 0 amide bonds. The van der Waals surface area contributed by atoms with Crippen molar-refractivity contribution in [2.45, 2.75) is 79.2 Å². The van der Waals surface area contributed by atoms with Crippen LogP contribution in [0.4, 0.5) is 8.78 Å². The zero-order chi connectivity index (χ0) is 36.5. The zero-order valence-corrected chi connectivity index (χ0v) is 29.7. The van der Waals surface area contributed by atoms with Crippen LogP contribution in [0.25, 0.3) is 11.1 Å². The first-order valence-corrected chi connectivity index (χ1v) is 17.0. The molecule has 5 N–H and O–H groups in total. The predicted molar refractivity (Wildman–Crippen MR) is 193 cm³/mol. The molecule has 0 aromatic heterocycles. The van der Waals surface area contributed by atoms with Crippen molar-refractivity contribution in [3.63, 3.8) is 0 Å². The van der Waals surface area contributed by atoms with E-state index in [1.165, 1.54) is 6.07 Å². The molecule has 0 aliphatic carbocycles. The van der Waals surface area contributed by atoms with Gasteiger partial charge < -0.3 is 35.2 Å². The molecule has 0 spiro atoms. The van der Waals surface area contributed by atoms with Crippen LogP contribution >= 0.6 is 0 Å². The van der Waals surface area contributed by atoms with Gasteiger partial charge in [-0.2, -0.15) is 0 Å². The number of ether oxygens (including phenoxy) is 2. The molecule has 0 atom stereocenters. The first kappa shape index (κ1) is 38.9. The minimum absolute atomic E-state index is 0.123. The fourth-order valence-electron chi connectivity index (χ4n) is 5.74. The molecule has 0 saturated carbocycles. The Morgan fingerprint density at radius 1 is 0.680 bits per heavy atom. The summed E-state index contributed by atoms with van der Waals surface area (Å²) < 4.78 is 40.5. The fourth-order valence-corrected chi connectivity index (χ4v) is 5.74. The molecular weight excluding hydrogens is 640 g/mol. The van der Waals surface area contributed by atoms with Crippen LogP contribution in [-0.4, -0.2) is 52.4 Å². The zero-order valence-electron chi connectivity index (χ0n) is 29.7. The van der Waals surface area contributed by atoms with E-state index in [9.17, 15) is 29.2 Å². The molecule has 9 heteroatoms. The summed E-state index contributed by atoms with van der Waals surface area (Å²) in [7, 11) is 0. The molecule has 0 bridgehead atoms. The molecule has 0 aliphatic heterocycles. The molecule has 4 aromatic rings. The number of aliphatic hydroxyl groups excluding tert-OH is 4. The molecule has 4 rings (SSSR count). The molecule has 7 nitrogen and oxygen atoms in total. The fraction of sp³-hybridized carbons (Fsp3) is 0.415. The average molecular weight is 692 g/mol. The highest BCUT2D eigenvalue weighted by Gasteiger charge is 2.24. The molecule has 0 aliphatic rings. The van der Waals surface area contributed by atoms with Crippen LogP contribution in [0.3, 0.4) is 0 Å². The van der Waals surface area contributed by atoms with Crippen molar-refractivity contribution in [2.75, 3.05) is 26.4 Å². The summed E-state index contributed by atoms with van der Waals surface area (Å²) in [5.41, 5.74) is 7.16. The van der Waals surface area contributed by atoms with E-state index in [0.717, 1.165) is 50.3 Å².